The molecule has 2 heterocycles. The molecule has 0 amide bonds. The summed E-state index contributed by atoms with van der Waals surface area (Å²) in [5, 5.41) is 0. The number of ether oxygens (including phenoxy) is 1. The van der Waals surface area contributed by atoms with Gasteiger partial charge in [-0.2, -0.15) is 0 Å². The number of carbonyl (C=O) groups excluding carboxylic acids is 1. The van der Waals surface area contributed by atoms with E-state index >= 15 is 0 Å². The van der Waals surface area contributed by atoms with Crippen molar-refractivity contribution in [3.05, 3.63) is 35.5 Å². The molecule has 0 aliphatic rings. The fraction of sp³-hybridized carbons (Fsp3) is 0.308. The number of rotatable bonds is 4. The normalized spacial score (nSPS) is 10.5. The highest BCUT2D eigenvalue weighted by Gasteiger charge is 2.15. The maximum Gasteiger partial charge on any atom is 0.311 e. The van der Waals surface area contributed by atoms with Crippen molar-refractivity contribution in [2.45, 2.75) is 17.8 Å². The molecule has 2 aromatic heterocycles. The smallest absolute Gasteiger partial charge is 0.311 e. The third kappa shape index (κ3) is 3.31. The summed E-state index contributed by atoms with van der Waals surface area (Å²) in [7, 11) is 1.35. The molecule has 19 heavy (non-hydrogen) atoms. The van der Waals surface area contributed by atoms with E-state index in [0.717, 1.165) is 15.7 Å². The fourth-order valence-corrected chi connectivity index (χ4v) is 2.01. The number of alkyl halides is 1. The van der Waals surface area contributed by atoms with Crippen LogP contribution in [0, 0.1) is 6.92 Å². The van der Waals surface area contributed by atoms with Gasteiger partial charge in [-0.1, -0.05) is 22.6 Å². The van der Waals surface area contributed by atoms with Gasteiger partial charge in [0.05, 0.1) is 30.5 Å². The third-order valence-electron chi connectivity index (χ3n) is 2.64. The van der Waals surface area contributed by atoms with Crippen molar-refractivity contribution < 1.29 is 13.9 Å². The number of esters is 1. The van der Waals surface area contributed by atoms with E-state index in [2.05, 4.69) is 37.3 Å². The number of pyridine rings is 1. The molecule has 0 saturated carbocycles. The Morgan fingerprint density at radius 3 is 2.84 bits per heavy atom. The first-order chi connectivity index (χ1) is 9.13. The SMILES string of the molecule is COC(=O)Cc1nc(-c2ccc(CI)nc2)oc1C. The number of hydrogen-bond donors (Lipinski definition) is 0. The summed E-state index contributed by atoms with van der Waals surface area (Å²) in [6, 6.07) is 3.84. The monoisotopic (exact) mass is 372 g/mol. The van der Waals surface area contributed by atoms with Crippen molar-refractivity contribution in [1.29, 1.82) is 0 Å². The molecule has 2 aromatic rings. The average molecular weight is 372 g/mol. The lowest BCUT2D eigenvalue weighted by Gasteiger charge is -1.96. The minimum atomic E-state index is -0.332. The van der Waals surface area contributed by atoms with E-state index in [4.69, 9.17) is 4.42 Å². The number of methoxy groups -OCH3 is 1. The van der Waals surface area contributed by atoms with Crippen LogP contribution in [0.4, 0.5) is 0 Å². The second kappa shape index (κ2) is 6.14. The molecule has 2 rings (SSSR count). The molecule has 0 aliphatic carbocycles. The largest absolute Gasteiger partial charge is 0.469 e. The molecule has 5 nitrogen and oxygen atoms in total. The minimum Gasteiger partial charge on any atom is -0.469 e. The molecule has 0 saturated heterocycles. The standard InChI is InChI=1S/C13H13IN2O3/c1-8-11(5-12(17)18-2)16-13(19-8)9-3-4-10(6-14)15-7-9/h3-4,7H,5-6H2,1-2H3. The summed E-state index contributed by atoms with van der Waals surface area (Å²) >= 11 is 2.25. The van der Waals surface area contributed by atoms with Crippen molar-refractivity contribution in [3.8, 4) is 11.5 Å². The molecule has 6 heteroatoms. The summed E-state index contributed by atoms with van der Waals surface area (Å²) < 4.78 is 11.0. The van der Waals surface area contributed by atoms with Crippen molar-refractivity contribution >= 4 is 28.6 Å². The predicted octanol–water partition coefficient (Wildman–Crippen LogP) is 2.70. The summed E-state index contributed by atoms with van der Waals surface area (Å²) in [4.78, 5) is 19.9. The van der Waals surface area contributed by atoms with Crippen molar-refractivity contribution in [1.82, 2.24) is 9.97 Å². The topological polar surface area (TPSA) is 65.2 Å². The Kier molecular flexibility index (Phi) is 4.52. The second-order valence-corrected chi connectivity index (χ2v) is 4.71. The molecular weight excluding hydrogens is 359 g/mol. The molecule has 0 fully saturated rings. The van der Waals surface area contributed by atoms with Gasteiger partial charge in [0, 0.05) is 10.6 Å². The Morgan fingerprint density at radius 1 is 1.47 bits per heavy atom. The number of aromatic nitrogens is 2. The van der Waals surface area contributed by atoms with E-state index in [1.807, 2.05) is 12.1 Å². The quantitative estimate of drug-likeness (QED) is 0.469. The van der Waals surface area contributed by atoms with E-state index in [0.29, 0.717) is 17.3 Å². The second-order valence-electron chi connectivity index (χ2n) is 3.95. The van der Waals surface area contributed by atoms with Crippen LogP contribution in [0.5, 0.6) is 0 Å². The molecule has 0 aromatic carbocycles. The Labute approximate surface area is 124 Å². The molecule has 0 spiro atoms. The number of oxazole rings is 1. The predicted molar refractivity (Wildman–Crippen MR) is 77.9 cm³/mol. The Hall–Kier alpha value is -1.44. The van der Waals surface area contributed by atoms with E-state index < -0.39 is 0 Å². The highest BCUT2D eigenvalue weighted by molar-refractivity contribution is 14.1. The molecule has 0 bridgehead atoms. The van der Waals surface area contributed by atoms with E-state index in [1.54, 1.807) is 13.1 Å². The van der Waals surface area contributed by atoms with Crippen LogP contribution in [0.15, 0.2) is 22.7 Å². The molecule has 0 radical (unpaired) electrons. The number of nitrogens with zero attached hydrogens (tertiary/aromatic N) is 2. The van der Waals surface area contributed by atoms with Gasteiger partial charge in [-0.3, -0.25) is 9.78 Å². The average Bonchev–Trinajstić information content (AvgIpc) is 2.80. The van der Waals surface area contributed by atoms with Gasteiger partial charge >= 0.3 is 5.97 Å². The Balaban J connectivity index is 2.25. The highest BCUT2D eigenvalue weighted by Crippen LogP contribution is 2.22. The number of hydrogen-bond acceptors (Lipinski definition) is 5. The van der Waals surface area contributed by atoms with Gasteiger partial charge in [0.25, 0.3) is 0 Å². The third-order valence-corrected chi connectivity index (χ3v) is 3.42. The van der Waals surface area contributed by atoms with Crippen LogP contribution in [0.25, 0.3) is 11.5 Å². The first-order valence-electron chi connectivity index (χ1n) is 5.68. The van der Waals surface area contributed by atoms with Crippen LogP contribution >= 0.6 is 22.6 Å². The minimum absolute atomic E-state index is 0.116. The van der Waals surface area contributed by atoms with Crippen LogP contribution in [-0.4, -0.2) is 23.0 Å². The van der Waals surface area contributed by atoms with Crippen LogP contribution in [0.1, 0.15) is 17.1 Å². The fourth-order valence-electron chi connectivity index (χ4n) is 1.55. The maximum atomic E-state index is 11.2. The van der Waals surface area contributed by atoms with E-state index in [1.165, 1.54) is 7.11 Å². The van der Waals surface area contributed by atoms with Crippen LogP contribution in [0.3, 0.4) is 0 Å². The Morgan fingerprint density at radius 2 is 2.26 bits per heavy atom. The molecule has 0 aliphatic heterocycles. The van der Waals surface area contributed by atoms with E-state index in [9.17, 15) is 4.79 Å². The van der Waals surface area contributed by atoms with Crippen LogP contribution in [-0.2, 0) is 20.4 Å². The van der Waals surface area contributed by atoms with Crippen molar-refractivity contribution in [2.24, 2.45) is 0 Å². The summed E-state index contributed by atoms with van der Waals surface area (Å²) in [5.41, 5.74) is 2.40. The highest BCUT2D eigenvalue weighted by atomic mass is 127. The molecule has 0 atom stereocenters. The van der Waals surface area contributed by atoms with Gasteiger partial charge in [0.2, 0.25) is 5.89 Å². The first kappa shape index (κ1) is 14.0. The first-order valence-corrected chi connectivity index (χ1v) is 7.21. The van der Waals surface area contributed by atoms with Gasteiger partial charge in [0.15, 0.2) is 0 Å². The molecular formula is C13H13IN2O3. The Bertz CT molecular complexity index is 578. The van der Waals surface area contributed by atoms with Gasteiger partial charge in [-0.05, 0) is 19.1 Å². The van der Waals surface area contributed by atoms with Gasteiger partial charge < -0.3 is 9.15 Å². The van der Waals surface area contributed by atoms with Crippen LogP contribution in [0.2, 0.25) is 0 Å². The van der Waals surface area contributed by atoms with Crippen molar-refractivity contribution in [3.63, 3.8) is 0 Å². The zero-order valence-electron chi connectivity index (χ0n) is 10.6. The molecule has 0 N–H and O–H groups in total. The molecule has 0 unspecified atom stereocenters. The lowest BCUT2D eigenvalue weighted by molar-refractivity contribution is -0.139. The number of carbonyl (C=O) groups is 1. The lowest BCUT2D eigenvalue weighted by atomic mass is 10.2. The zero-order valence-corrected chi connectivity index (χ0v) is 12.8. The maximum absolute atomic E-state index is 11.2. The molecule has 100 valence electrons. The van der Waals surface area contributed by atoms with E-state index in [-0.39, 0.29) is 12.4 Å². The summed E-state index contributed by atoms with van der Waals surface area (Å²) in [6.07, 6.45) is 1.84. The van der Waals surface area contributed by atoms with Crippen molar-refractivity contribution in [2.75, 3.05) is 7.11 Å². The van der Waals surface area contributed by atoms with Gasteiger partial charge in [0.1, 0.15) is 5.76 Å². The number of halogens is 1. The van der Waals surface area contributed by atoms with Gasteiger partial charge in [-0.25, -0.2) is 4.98 Å². The zero-order chi connectivity index (χ0) is 13.8. The lowest BCUT2D eigenvalue weighted by Crippen LogP contribution is -2.05. The number of aryl methyl sites for hydroxylation is 1. The van der Waals surface area contributed by atoms with Gasteiger partial charge in [-0.15, -0.1) is 0 Å². The van der Waals surface area contributed by atoms with Crippen LogP contribution < -0.4 is 0 Å². The summed E-state index contributed by atoms with van der Waals surface area (Å²) in [5.74, 6) is 0.767. The summed E-state index contributed by atoms with van der Waals surface area (Å²) in [6.45, 7) is 1.78.